The molecule has 0 fully saturated rings. The van der Waals surface area contributed by atoms with Crippen molar-refractivity contribution < 1.29 is 4.21 Å². The Labute approximate surface area is 176 Å². The van der Waals surface area contributed by atoms with Crippen molar-refractivity contribution in [1.29, 1.82) is 0 Å². The van der Waals surface area contributed by atoms with Gasteiger partial charge in [-0.15, -0.1) is 24.0 Å². The van der Waals surface area contributed by atoms with Gasteiger partial charge in [-0.1, -0.05) is 55.0 Å². The smallest absolute Gasteiger partial charge is 0.191 e. The van der Waals surface area contributed by atoms with E-state index in [9.17, 15) is 4.21 Å². The predicted octanol–water partition coefficient (Wildman–Crippen LogP) is 3.69. The highest BCUT2D eigenvalue weighted by Crippen LogP contribution is 2.15. The molecular weight excluding hydrogens is 457 g/mol. The summed E-state index contributed by atoms with van der Waals surface area (Å²) in [6.45, 7) is 5.71. The van der Waals surface area contributed by atoms with Crippen molar-refractivity contribution in [3.63, 3.8) is 0 Å². The van der Waals surface area contributed by atoms with Crippen molar-refractivity contribution in [2.75, 3.05) is 25.9 Å². The second-order valence-electron chi connectivity index (χ2n) is 6.06. The first-order valence-electron chi connectivity index (χ1n) is 8.54. The number of aryl methyl sites for hydroxylation is 1. The third-order valence-electron chi connectivity index (χ3n) is 4.00. The lowest BCUT2D eigenvalue weighted by Crippen LogP contribution is -2.40. The van der Waals surface area contributed by atoms with Gasteiger partial charge in [-0.05, 0) is 30.5 Å². The van der Waals surface area contributed by atoms with E-state index in [2.05, 4.69) is 53.7 Å². The van der Waals surface area contributed by atoms with Gasteiger partial charge >= 0.3 is 0 Å². The first kappa shape index (κ1) is 22.6. The maximum absolute atomic E-state index is 12.2. The van der Waals surface area contributed by atoms with E-state index in [1.54, 1.807) is 7.05 Å². The highest BCUT2D eigenvalue weighted by molar-refractivity contribution is 14.0. The van der Waals surface area contributed by atoms with E-state index in [0.717, 1.165) is 17.4 Å². The average Bonchev–Trinajstić information content (AvgIpc) is 2.64. The predicted molar refractivity (Wildman–Crippen MR) is 122 cm³/mol. The summed E-state index contributed by atoms with van der Waals surface area (Å²) < 4.78 is 12.2. The van der Waals surface area contributed by atoms with Crippen LogP contribution in [0.15, 0.2) is 64.5 Å². The van der Waals surface area contributed by atoms with Crippen LogP contribution in [0.25, 0.3) is 0 Å². The normalized spacial score (nSPS) is 13.4. The van der Waals surface area contributed by atoms with Gasteiger partial charge in [0, 0.05) is 30.8 Å². The number of guanidine groups is 1. The molecule has 2 rings (SSSR count). The van der Waals surface area contributed by atoms with E-state index in [-0.39, 0.29) is 24.0 Å². The number of rotatable bonds is 7. The number of hydrogen-bond acceptors (Lipinski definition) is 2. The molecule has 26 heavy (non-hydrogen) atoms. The Kier molecular flexibility index (Phi) is 10.5. The molecule has 142 valence electrons. The molecule has 0 saturated carbocycles. The zero-order chi connectivity index (χ0) is 18.1. The second-order valence-corrected chi connectivity index (χ2v) is 7.63. The Morgan fingerprint density at radius 1 is 1.12 bits per heavy atom. The Balaban J connectivity index is 0.00000338. The fourth-order valence-electron chi connectivity index (χ4n) is 2.52. The number of nitrogens with one attached hydrogen (secondary N) is 2. The zero-order valence-corrected chi connectivity index (χ0v) is 18.7. The summed E-state index contributed by atoms with van der Waals surface area (Å²) in [4.78, 5) is 5.10. The molecule has 2 atom stereocenters. The first-order chi connectivity index (χ1) is 12.1. The number of benzene rings is 2. The fourth-order valence-corrected chi connectivity index (χ4v) is 3.50. The molecule has 0 heterocycles. The highest BCUT2D eigenvalue weighted by Gasteiger charge is 2.08. The maximum Gasteiger partial charge on any atom is 0.191 e. The molecule has 0 aliphatic rings. The van der Waals surface area contributed by atoms with Crippen molar-refractivity contribution in [1.82, 2.24) is 10.6 Å². The molecule has 0 radical (unpaired) electrons. The fraction of sp³-hybridized carbons (Fsp3) is 0.350. The third-order valence-corrected chi connectivity index (χ3v) is 5.37. The van der Waals surface area contributed by atoms with Gasteiger partial charge in [0.1, 0.15) is 0 Å². The van der Waals surface area contributed by atoms with Crippen LogP contribution in [-0.4, -0.2) is 36.1 Å². The molecule has 0 saturated heterocycles. The van der Waals surface area contributed by atoms with Crippen LogP contribution in [0, 0.1) is 6.92 Å². The summed E-state index contributed by atoms with van der Waals surface area (Å²) in [5, 5.41) is 6.57. The summed E-state index contributed by atoms with van der Waals surface area (Å²) in [5.41, 5.74) is 2.59. The van der Waals surface area contributed by atoms with Crippen LogP contribution < -0.4 is 10.6 Å². The molecule has 6 heteroatoms. The highest BCUT2D eigenvalue weighted by atomic mass is 127. The zero-order valence-electron chi connectivity index (χ0n) is 15.6. The standard InChI is InChI=1S/C20H27N3OS.HI/c1-16-8-7-9-18(14-16)17(2)15-23-20(21-3)22-12-13-25(24)19-10-5-4-6-11-19;/h4-11,14,17H,12-13,15H2,1-3H3,(H2,21,22,23);1H. The largest absolute Gasteiger partial charge is 0.356 e. The van der Waals surface area contributed by atoms with Crippen LogP contribution >= 0.6 is 24.0 Å². The summed E-state index contributed by atoms with van der Waals surface area (Å²) in [6.07, 6.45) is 0. The number of halogens is 1. The van der Waals surface area contributed by atoms with Crippen LogP contribution in [0.2, 0.25) is 0 Å². The quantitative estimate of drug-likeness (QED) is 0.358. The molecule has 4 nitrogen and oxygen atoms in total. The van der Waals surface area contributed by atoms with Crippen LogP contribution in [-0.2, 0) is 10.8 Å². The summed E-state index contributed by atoms with van der Waals surface area (Å²) in [6, 6.07) is 18.1. The van der Waals surface area contributed by atoms with Gasteiger partial charge in [-0.2, -0.15) is 0 Å². The molecule has 0 spiro atoms. The van der Waals surface area contributed by atoms with Gasteiger partial charge < -0.3 is 10.6 Å². The average molecular weight is 485 g/mol. The topological polar surface area (TPSA) is 53.5 Å². The monoisotopic (exact) mass is 485 g/mol. The molecule has 2 aromatic carbocycles. The van der Waals surface area contributed by atoms with E-state index < -0.39 is 10.8 Å². The lowest BCUT2D eigenvalue weighted by Gasteiger charge is -2.16. The number of aliphatic imine (C=N–C) groups is 1. The summed E-state index contributed by atoms with van der Waals surface area (Å²) in [7, 11) is 0.759. The summed E-state index contributed by atoms with van der Waals surface area (Å²) >= 11 is 0. The lowest BCUT2D eigenvalue weighted by molar-refractivity contribution is 0.679. The second kappa shape index (κ2) is 12.1. The SMILES string of the molecule is CN=C(NCCS(=O)c1ccccc1)NCC(C)c1cccc(C)c1.I. The molecule has 2 unspecified atom stereocenters. The Bertz CT molecular complexity index is 722. The van der Waals surface area contributed by atoms with Gasteiger partial charge in [-0.25, -0.2) is 0 Å². The molecule has 0 bridgehead atoms. The van der Waals surface area contributed by atoms with Crippen molar-refractivity contribution in [2.45, 2.75) is 24.7 Å². The Hall–Kier alpha value is -1.41. The lowest BCUT2D eigenvalue weighted by atomic mass is 9.99. The van der Waals surface area contributed by atoms with Crippen LogP contribution in [0.4, 0.5) is 0 Å². The van der Waals surface area contributed by atoms with Gasteiger partial charge in [0.2, 0.25) is 0 Å². The summed E-state index contributed by atoms with van der Waals surface area (Å²) in [5.74, 6) is 1.68. The minimum absolute atomic E-state index is 0. The first-order valence-corrected chi connectivity index (χ1v) is 9.86. The van der Waals surface area contributed by atoms with Crippen LogP contribution in [0.3, 0.4) is 0 Å². The van der Waals surface area contributed by atoms with Crippen LogP contribution in [0.5, 0.6) is 0 Å². The minimum atomic E-state index is -0.992. The number of nitrogens with zero attached hydrogens (tertiary/aromatic N) is 1. The van der Waals surface area contributed by atoms with E-state index >= 15 is 0 Å². The van der Waals surface area contributed by atoms with Crippen LogP contribution in [0.1, 0.15) is 24.0 Å². The van der Waals surface area contributed by atoms with E-state index in [0.29, 0.717) is 18.2 Å². The minimum Gasteiger partial charge on any atom is -0.356 e. The van der Waals surface area contributed by atoms with E-state index in [1.807, 2.05) is 30.3 Å². The van der Waals surface area contributed by atoms with Gasteiger partial charge in [0.15, 0.2) is 5.96 Å². The molecular formula is C20H28IN3OS. The molecule has 0 aliphatic heterocycles. The van der Waals surface area contributed by atoms with Crippen molar-refractivity contribution in [3.8, 4) is 0 Å². The molecule has 0 aromatic heterocycles. The Morgan fingerprint density at radius 2 is 1.85 bits per heavy atom. The molecule has 0 aliphatic carbocycles. The van der Waals surface area contributed by atoms with Crippen molar-refractivity contribution in [3.05, 3.63) is 65.7 Å². The van der Waals surface area contributed by atoms with Gasteiger partial charge in [-0.3, -0.25) is 9.20 Å². The van der Waals surface area contributed by atoms with Crippen molar-refractivity contribution in [2.24, 2.45) is 4.99 Å². The molecule has 2 N–H and O–H groups in total. The molecule has 0 amide bonds. The third kappa shape index (κ3) is 7.45. The van der Waals surface area contributed by atoms with Gasteiger partial charge in [0.25, 0.3) is 0 Å². The molecule has 2 aromatic rings. The Morgan fingerprint density at radius 3 is 2.50 bits per heavy atom. The maximum atomic E-state index is 12.2. The van der Waals surface area contributed by atoms with Crippen molar-refractivity contribution >= 4 is 40.7 Å². The van der Waals surface area contributed by atoms with E-state index in [4.69, 9.17) is 0 Å². The number of hydrogen-bond donors (Lipinski definition) is 2. The van der Waals surface area contributed by atoms with E-state index in [1.165, 1.54) is 11.1 Å². The van der Waals surface area contributed by atoms with Gasteiger partial charge in [0.05, 0.1) is 10.8 Å².